The average Bonchev–Trinajstić information content (AvgIpc) is 2.88. The zero-order valence-corrected chi connectivity index (χ0v) is 12.6. The second kappa shape index (κ2) is 5.66. The molecule has 0 bridgehead atoms. The number of halogens is 1. The highest BCUT2D eigenvalue weighted by Gasteiger charge is 2.22. The Kier molecular flexibility index (Phi) is 3.92. The van der Waals surface area contributed by atoms with Crippen molar-refractivity contribution >= 4 is 22.9 Å². The summed E-state index contributed by atoms with van der Waals surface area (Å²) in [5, 5.41) is 6.78. The van der Waals surface area contributed by atoms with E-state index in [1.807, 2.05) is 23.5 Å². The fourth-order valence-corrected chi connectivity index (χ4v) is 4.02. The molecule has 1 aliphatic carbocycles. The molecule has 0 aliphatic heterocycles. The Morgan fingerprint density at radius 2 is 2.26 bits per heavy atom. The first-order valence-corrected chi connectivity index (χ1v) is 8.07. The third kappa shape index (κ3) is 2.86. The number of nitrogens with one attached hydrogen (secondary N) is 1. The van der Waals surface area contributed by atoms with Gasteiger partial charge in [0.2, 0.25) is 0 Å². The zero-order chi connectivity index (χ0) is 13.2. The molecule has 1 nitrogen and oxygen atoms in total. The number of hydrogen-bond donors (Lipinski definition) is 1. The second-order valence-corrected chi connectivity index (χ2v) is 6.62. The van der Waals surface area contributed by atoms with E-state index in [2.05, 4.69) is 35.8 Å². The van der Waals surface area contributed by atoms with Gasteiger partial charge in [0.05, 0.1) is 0 Å². The Labute approximate surface area is 123 Å². The van der Waals surface area contributed by atoms with Crippen LogP contribution in [0, 0.1) is 0 Å². The van der Waals surface area contributed by atoms with Gasteiger partial charge in [0.1, 0.15) is 0 Å². The summed E-state index contributed by atoms with van der Waals surface area (Å²) in [6.45, 7) is 2.21. The van der Waals surface area contributed by atoms with E-state index in [-0.39, 0.29) is 0 Å². The monoisotopic (exact) mass is 291 g/mol. The van der Waals surface area contributed by atoms with E-state index in [0.29, 0.717) is 12.1 Å². The van der Waals surface area contributed by atoms with Gasteiger partial charge < -0.3 is 5.32 Å². The molecule has 0 saturated carbocycles. The first kappa shape index (κ1) is 13.2. The van der Waals surface area contributed by atoms with Crippen LogP contribution in [-0.2, 0) is 6.42 Å². The minimum absolute atomic E-state index is 0.328. The minimum Gasteiger partial charge on any atom is -0.303 e. The Morgan fingerprint density at radius 3 is 3.11 bits per heavy atom. The molecule has 1 heterocycles. The van der Waals surface area contributed by atoms with Crippen LogP contribution in [0.4, 0.5) is 0 Å². The highest BCUT2D eigenvalue weighted by molar-refractivity contribution is 7.10. The first-order chi connectivity index (χ1) is 9.24. The number of benzene rings is 1. The van der Waals surface area contributed by atoms with Gasteiger partial charge >= 0.3 is 0 Å². The lowest BCUT2D eigenvalue weighted by Crippen LogP contribution is -2.27. The summed E-state index contributed by atoms with van der Waals surface area (Å²) in [5.74, 6) is 0. The molecule has 19 heavy (non-hydrogen) atoms. The van der Waals surface area contributed by atoms with E-state index in [1.54, 1.807) is 4.88 Å². The molecule has 2 aromatic rings. The van der Waals surface area contributed by atoms with E-state index in [4.69, 9.17) is 11.6 Å². The molecular formula is C16H18ClNS. The fourth-order valence-electron chi connectivity index (χ4n) is 2.83. The maximum atomic E-state index is 6.07. The van der Waals surface area contributed by atoms with Gasteiger partial charge in [-0.1, -0.05) is 23.7 Å². The van der Waals surface area contributed by atoms with Gasteiger partial charge in [-0.15, -0.1) is 11.3 Å². The highest BCUT2D eigenvalue weighted by atomic mass is 35.5. The van der Waals surface area contributed by atoms with Crippen molar-refractivity contribution in [2.24, 2.45) is 0 Å². The van der Waals surface area contributed by atoms with Gasteiger partial charge in [-0.2, -0.15) is 0 Å². The maximum Gasteiger partial charge on any atom is 0.0409 e. The summed E-state index contributed by atoms with van der Waals surface area (Å²) in [5.41, 5.74) is 2.76. The van der Waals surface area contributed by atoms with Crippen molar-refractivity contribution in [1.29, 1.82) is 0 Å². The summed E-state index contributed by atoms with van der Waals surface area (Å²) in [7, 11) is 0. The number of aryl methyl sites for hydroxylation is 1. The molecule has 3 rings (SSSR count). The maximum absolute atomic E-state index is 6.07. The van der Waals surface area contributed by atoms with Crippen molar-refractivity contribution < 1.29 is 0 Å². The normalized spacial score (nSPS) is 20.0. The number of fused-ring (bicyclic) bond motifs is 1. The smallest absolute Gasteiger partial charge is 0.0409 e. The molecule has 1 aromatic carbocycles. The number of thiophene rings is 1. The van der Waals surface area contributed by atoms with Gasteiger partial charge in [0, 0.05) is 22.0 Å². The van der Waals surface area contributed by atoms with E-state index >= 15 is 0 Å². The highest BCUT2D eigenvalue weighted by Crippen LogP contribution is 2.34. The van der Waals surface area contributed by atoms with Crippen LogP contribution in [-0.4, -0.2) is 0 Å². The lowest BCUT2D eigenvalue weighted by atomic mass is 9.93. The van der Waals surface area contributed by atoms with E-state index in [9.17, 15) is 0 Å². The summed E-state index contributed by atoms with van der Waals surface area (Å²) < 4.78 is 0. The van der Waals surface area contributed by atoms with Crippen LogP contribution in [0.15, 0.2) is 35.7 Å². The lowest BCUT2D eigenvalue weighted by molar-refractivity contribution is 0.418. The molecule has 100 valence electrons. The standard InChI is InChI=1S/C16H18ClNS/c1-11(12-4-2-5-13(17)10-12)18-15-6-3-7-16-14(15)8-9-19-16/h2,4-5,8-11,15,18H,3,6-7H2,1H3/t11-,15?/m1/s1. The summed E-state index contributed by atoms with van der Waals surface area (Å²) in [6.07, 6.45) is 3.76. The average molecular weight is 292 g/mol. The molecule has 2 atom stereocenters. The van der Waals surface area contributed by atoms with Crippen molar-refractivity contribution in [3.63, 3.8) is 0 Å². The molecular weight excluding hydrogens is 274 g/mol. The Morgan fingerprint density at radius 1 is 1.37 bits per heavy atom. The van der Waals surface area contributed by atoms with Gasteiger partial charge in [-0.25, -0.2) is 0 Å². The topological polar surface area (TPSA) is 12.0 Å². The summed E-state index contributed by atoms with van der Waals surface area (Å²) in [6, 6.07) is 11.2. The molecule has 0 spiro atoms. The third-order valence-corrected chi connectivity index (χ3v) is 5.08. The van der Waals surface area contributed by atoms with Crippen LogP contribution in [0.2, 0.25) is 5.02 Å². The van der Waals surface area contributed by atoms with Crippen molar-refractivity contribution in [3.05, 3.63) is 56.7 Å². The molecule has 1 unspecified atom stereocenters. The predicted octanol–water partition coefficient (Wildman–Crippen LogP) is 5.13. The number of hydrogen-bond acceptors (Lipinski definition) is 2. The minimum atomic E-state index is 0.328. The molecule has 0 radical (unpaired) electrons. The van der Waals surface area contributed by atoms with Crippen LogP contribution in [0.5, 0.6) is 0 Å². The molecule has 1 aromatic heterocycles. The van der Waals surface area contributed by atoms with Crippen LogP contribution < -0.4 is 5.32 Å². The SMILES string of the molecule is C[C@@H](NC1CCCc2sccc21)c1cccc(Cl)c1. The Balaban J connectivity index is 1.76. The predicted molar refractivity (Wildman–Crippen MR) is 83.0 cm³/mol. The second-order valence-electron chi connectivity index (χ2n) is 5.19. The molecule has 3 heteroatoms. The van der Waals surface area contributed by atoms with Crippen molar-refractivity contribution in [2.75, 3.05) is 0 Å². The Hall–Kier alpha value is -0.830. The lowest BCUT2D eigenvalue weighted by Gasteiger charge is -2.27. The van der Waals surface area contributed by atoms with Gasteiger partial charge in [0.25, 0.3) is 0 Å². The van der Waals surface area contributed by atoms with E-state index in [1.165, 1.54) is 30.4 Å². The fraction of sp³-hybridized carbons (Fsp3) is 0.375. The van der Waals surface area contributed by atoms with Crippen LogP contribution in [0.1, 0.15) is 47.9 Å². The van der Waals surface area contributed by atoms with Crippen molar-refractivity contribution in [3.8, 4) is 0 Å². The molecule has 0 amide bonds. The molecule has 1 aliphatic rings. The van der Waals surface area contributed by atoms with E-state index < -0.39 is 0 Å². The third-order valence-electron chi connectivity index (χ3n) is 3.85. The van der Waals surface area contributed by atoms with Crippen LogP contribution in [0.25, 0.3) is 0 Å². The Bertz CT molecular complexity index is 563. The summed E-state index contributed by atoms with van der Waals surface area (Å²) >= 11 is 7.96. The van der Waals surface area contributed by atoms with Crippen molar-refractivity contribution in [1.82, 2.24) is 5.32 Å². The van der Waals surface area contributed by atoms with Gasteiger partial charge in [0.15, 0.2) is 0 Å². The quantitative estimate of drug-likeness (QED) is 0.826. The molecule has 1 N–H and O–H groups in total. The summed E-state index contributed by atoms with van der Waals surface area (Å²) in [4.78, 5) is 1.56. The zero-order valence-electron chi connectivity index (χ0n) is 11.0. The van der Waals surface area contributed by atoms with Crippen LogP contribution in [0.3, 0.4) is 0 Å². The number of rotatable bonds is 3. The van der Waals surface area contributed by atoms with Gasteiger partial charge in [-0.05, 0) is 60.9 Å². The first-order valence-electron chi connectivity index (χ1n) is 6.82. The van der Waals surface area contributed by atoms with Crippen LogP contribution >= 0.6 is 22.9 Å². The van der Waals surface area contributed by atoms with E-state index in [0.717, 1.165) is 5.02 Å². The van der Waals surface area contributed by atoms with Crippen molar-refractivity contribution in [2.45, 2.75) is 38.3 Å². The largest absolute Gasteiger partial charge is 0.303 e. The molecule has 0 fully saturated rings. The van der Waals surface area contributed by atoms with Gasteiger partial charge in [-0.3, -0.25) is 0 Å². The molecule has 0 saturated heterocycles.